The second-order valence-electron chi connectivity index (χ2n) is 31.8. The van der Waals surface area contributed by atoms with Gasteiger partial charge in [-0.1, -0.05) is 308 Å². The van der Waals surface area contributed by atoms with Crippen LogP contribution in [0.1, 0.15) is 74.9 Å². The molecule has 0 bridgehead atoms. The van der Waals surface area contributed by atoms with E-state index >= 15 is 0 Å². The monoisotopic (exact) mass is 2000 g/mol. The Kier molecular flexibility index (Phi) is 26.5. The third-order valence-corrected chi connectivity index (χ3v) is 24.5. The van der Waals surface area contributed by atoms with Crippen LogP contribution in [0.3, 0.4) is 0 Å². The van der Waals surface area contributed by atoms with Gasteiger partial charge in [0.25, 0.3) is 0 Å². The van der Waals surface area contributed by atoms with Gasteiger partial charge in [0.2, 0.25) is 0 Å². The molecule has 14 aromatic carbocycles. The van der Waals surface area contributed by atoms with E-state index in [0.29, 0.717) is 5.82 Å². The first-order chi connectivity index (χ1) is 62.2. The fraction of sp³-hybridized carbons (Fsp3) is 0.100. The Morgan fingerprint density at radius 1 is 0.180 bits per heavy atom. The first-order valence-corrected chi connectivity index (χ1v) is 43.9. The standard InChI is InChI=1S/C120H90N6.2Ir/c1-7-79-67-85(115-45-25-29-62-121-115)49-55-103(79)109-39-19-13-33-97(109)91-73-92(98-34-14-20-40-110(98)104-56-50-86(68-80(104)8-2)116-46-26-30-63-122-116)76-95(75-91)101-37-17-23-43-113(101)107-59-53-89(71-83(107)11-5)119-61-66-125-120(126-119)90-54-60-108(84(12-6)72-90)114-44-24-18-38-102(114)96-77-93(99-35-15-21-41-111(99)105-57-51-87(69-81(105)9-3)117-47-27-31-64-123-117)74-94(78-96)100-36-16-22-42-112(100)106-58-52-88(70-82(106)10-4)118-48-28-32-65-124-118;;/h13-48,55-78H,7-12H2,1-6H3;;/q-6;2*+3. The normalized spacial score (nSPS) is 11.1. The van der Waals surface area contributed by atoms with Crippen LogP contribution in [0.5, 0.6) is 0 Å². The fourth-order valence-corrected chi connectivity index (χ4v) is 18.1. The van der Waals surface area contributed by atoms with Gasteiger partial charge in [0, 0.05) is 31.0 Å². The van der Waals surface area contributed by atoms with Crippen LogP contribution in [0.15, 0.2) is 365 Å². The summed E-state index contributed by atoms with van der Waals surface area (Å²) in [6.07, 6.45) is 14.1. The molecule has 0 saturated heterocycles. The Morgan fingerprint density at radius 2 is 0.375 bits per heavy atom. The maximum atomic E-state index is 5.39. The van der Waals surface area contributed by atoms with Crippen molar-refractivity contribution in [3.8, 4) is 201 Å². The molecule has 0 N–H and O–H groups in total. The molecule has 0 aliphatic rings. The van der Waals surface area contributed by atoms with E-state index in [9.17, 15) is 0 Å². The van der Waals surface area contributed by atoms with Gasteiger partial charge in [0.05, 0.1) is 5.82 Å². The Balaban J connectivity index is 0.00000576. The molecule has 0 atom stereocenters. The summed E-state index contributed by atoms with van der Waals surface area (Å²) in [4.78, 5) is 29.3. The molecule has 0 aliphatic carbocycles. The van der Waals surface area contributed by atoms with Crippen molar-refractivity contribution in [3.63, 3.8) is 0 Å². The second kappa shape index (κ2) is 39.3. The number of benzene rings is 14. The third-order valence-electron chi connectivity index (χ3n) is 24.5. The van der Waals surface area contributed by atoms with Crippen molar-refractivity contribution in [2.75, 3.05) is 0 Å². The summed E-state index contributed by atoms with van der Waals surface area (Å²) >= 11 is 0. The second-order valence-corrected chi connectivity index (χ2v) is 31.8. The summed E-state index contributed by atoms with van der Waals surface area (Å²) in [6.45, 7) is 13.4. The van der Waals surface area contributed by atoms with Gasteiger partial charge in [-0.15, -0.1) is 176 Å². The fourth-order valence-electron chi connectivity index (χ4n) is 18.1. The minimum absolute atomic E-state index is 0. The summed E-state index contributed by atoms with van der Waals surface area (Å²) in [5.41, 5.74) is 44.2. The Hall–Kier alpha value is -13.9. The average molecular weight is 2000 g/mol. The van der Waals surface area contributed by atoms with Crippen molar-refractivity contribution in [3.05, 3.63) is 434 Å². The van der Waals surface area contributed by atoms with Crippen LogP contribution < -0.4 is 0 Å². The zero-order chi connectivity index (χ0) is 85.4. The number of hydrogen-bond donors (Lipinski definition) is 0. The van der Waals surface area contributed by atoms with Crippen molar-refractivity contribution >= 4 is 0 Å². The molecule has 618 valence electrons. The van der Waals surface area contributed by atoms with E-state index in [1.54, 1.807) is 0 Å². The van der Waals surface area contributed by atoms with Gasteiger partial charge in [-0.3, -0.25) is 4.98 Å². The number of aryl methyl sites for hydroxylation is 6. The van der Waals surface area contributed by atoms with Gasteiger partial charge in [-0.25, -0.2) is 0 Å². The van der Waals surface area contributed by atoms with E-state index in [2.05, 4.69) is 357 Å². The van der Waals surface area contributed by atoms with Gasteiger partial charge >= 0.3 is 40.2 Å². The maximum Gasteiger partial charge on any atom is 3.00 e. The zero-order valence-corrected chi connectivity index (χ0v) is 77.0. The number of nitrogens with zero attached hydrogens (tertiary/aromatic N) is 6. The number of aromatic nitrogens is 6. The molecule has 5 heterocycles. The van der Waals surface area contributed by atoms with Crippen molar-refractivity contribution in [1.29, 1.82) is 0 Å². The van der Waals surface area contributed by atoms with Crippen molar-refractivity contribution in [1.82, 2.24) is 29.9 Å². The molecule has 19 rings (SSSR count). The number of rotatable bonds is 24. The van der Waals surface area contributed by atoms with Crippen molar-refractivity contribution in [2.24, 2.45) is 0 Å². The van der Waals surface area contributed by atoms with Gasteiger partial charge in [-0.05, 0) is 194 Å². The quantitative estimate of drug-likeness (QED) is 0.0561. The van der Waals surface area contributed by atoms with Gasteiger partial charge in [0.15, 0.2) is 0 Å². The minimum atomic E-state index is 0. The van der Waals surface area contributed by atoms with Crippen molar-refractivity contribution in [2.45, 2.75) is 80.1 Å². The molecule has 0 saturated carbocycles. The largest absolute Gasteiger partial charge is 3.00 e. The molecular weight excluding hydrogens is 1910 g/mol. The van der Waals surface area contributed by atoms with E-state index in [-0.39, 0.29) is 40.2 Å². The Labute approximate surface area is 779 Å². The van der Waals surface area contributed by atoms with Gasteiger partial charge < -0.3 is 24.9 Å². The minimum Gasteiger partial charge on any atom is -0.327 e. The number of hydrogen-bond acceptors (Lipinski definition) is 6. The van der Waals surface area contributed by atoms with Crippen LogP contribution >= 0.6 is 0 Å². The van der Waals surface area contributed by atoms with E-state index < -0.39 is 0 Å². The summed E-state index contributed by atoms with van der Waals surface area (Å²) in [6, 6.07) is 142. The van der Waals surface area contributed by atoms with Crippen LogP contribution in [0.4, 0.5) is 0 Å². The smallest absolute Gasteiger partial charge is 0.327 e. The van der Waals surface area contributed by atoms with Crippen LogP contribution in [-0.2, 0) is 78.7 Å². The first kappa shape index (κ1) is 86.2. The van der Waals surface area contributed by atoms with Crippen LogP contribution in [0.25, 0.3) is 201 Å². The third kappa shape index (κ3) is 17.6. The van der Waals surface area contributed by atoms with E-state index in [1.165, 1.54) is 27.8 Å². The molecule has 0 aliphatic heterocycles. The molecular formula is C120H90Ir2N6. The van der Waals surface area contributed by atoms with Gasteiger partial charge in [-0.2, -0.15) is 0 Å². The molecule has 0 amide bonds. The topological polar surface area (TPSA) is 77.3 Å². The maximum absolute atomic E-state index is 5.39. The molecule has 19 aromatic rings. The molecule has 8 heteroatoms. The molecule has 128 heavy (non-hydrogen) atoms. The summed E-state index contributed by atoms with van der Waals surface area (Å²) < 4.78 is 0. The van der Waals surface area contributed by atoms with Crippen LogP contribution in [0, 0.1) is 36.4 Å². The zero-order valence-electron chi connectivity index (χ0n) is 72.2. The van der Waals surface area contributed by atoms with E-state index in [4.69, 9.17) is 29.9 Å². The molecule has 0 spiro atoms. The van der Waals surface area contributed by atoms with E-state index in [1.807, 2.05) is 85.6 Å². The molecule has 0 radical (unpaired) electrons. The van der Waals surface area contributed by atoms with Crippen molar-refractivity contribution < 1.29 is 40.2 Å². The molecule has 0 unspecified atom stereocenters. The summed E-state index contributed by atoms with van der Waals surface area (Å²) in [7, 11) is 0. The van der Waals surface area contributed by atoms with Crippen LogP contribution in [-0.4, -0.2) is 29.9 Å². The van der Waals surface area contributed by atoms with E-state index in [0.717, 1.165) is 239 Å². The van der Waals surface area contributed by atoms with Gasteiger partial charge in [0.1, 0.15) is 0 Å². The predicted molar refractivity (Wildman–Crippen MR) is 520 cm³/mol. The summed E-state index contributed by atoms with van der Waals surface area (Å²) in [5.74, 6) is 0.595. The summed E-state index contributed by atoms with van der Waals surface area (Å²) in [5, 5.41) is 0. The average Bonchev–Trinajstić information content (AvgIpc) is 0.764. The van der Waals surface area contributed by atoms with Crippen LogP contribution in [0.2, 0.25) is 0 Å². The first-order valence-electron chi connectivity index (χ1n) is 43.9. The SMILES string of the molecule is CCc1cc(-c2ccccn2)[c-]cc1-c1ccccc1-c1cc(-c2ccccc2-c2c[c-]c(-c3ccccn3)cc2CC)cc(-c2ccccc2-c2c[c-]c(-c3ccnc(-c4[c-]cc(-c5ccccc5-c5cc(-c6ccccc6-c6c[c-]c(-c7ccccn7)cc6CC)cc(-c6ccccc6-c6c[c-]c(-c7ccccn7)cc6CC)c5)c(CC)c4)n3)cc2CC)c1.[Ir+3].[Ir+3]. The molecule has 0 fully saturated rings. The Bertz CT molecular complexity index is 6500. The predicted octanol–water partition coefficient (Wildman–Crippen LogP) is 30.2. The Morgan fingerprint density at radius 3 is 0.586 bits per heavy atom. The molecule has 5 aromatic heterocycles. The molecule has 6 nitrogen and oxygen atoms in total. The number of pyridine rings is 4.